The molecule has 0 aliphatic carbocycles. The van der Waals surface area contributed by atoms with Crippen LogP contribution >= 0.6 is 11.3 Å². The van der Waals surface area contributed by atoms with Crippen molar-refractivity contribution >= 4 is 39.2 Å². The second-order valence-electron chi connectivity index (χ2n) is 7.03. The maximum atomic E-state index is 12.8. The number of hydrogen-bond donors (Lipinski definition) is 1. The van der Waals surface area contributed by atoms with Crippen LogP contribution < -0.4 is 10.1 Å². The van der Waals surface area contributed by atoms with Gasteiger partial charge in [-0.05, 0) is 44.2 Å². The lowest BCUT2D eigenvalue weighted by molar-refractivity contribution is 0.102. The third-order valence-corrected chi connectivity index (χ3v) is 5.83. The lowest BCUT2D eigenvalue weighted by atomic mass is 10.1. The van der Waals surface area contributed by atoms with E-state index in [4.69, 9.17) is 4.74 Å². The third kappa shape index (κ3) is 3.49. The van der Waals surface area contributed by atoms with Crippen molar-refractivity contribution in [2.45, 2.75) is 13.8 Å². The summed E-state index contributed by atoms with van der Waals surface area (Å²) in [4.78, 5) is 26.9. The highest BCUT2D eigenvalue weighted by molar-refractivity contribution is 7.15. The summed E-state index contributed by atoms with van der Waals surface area (Å²) < 4.78 is 7.02. The Morgan fingerprint density at radius 1 is 1.03 bits per heavy atom. The van der Waals surface area contributed by atoms with Crippen LogP contribution in [-0.2, 0) is 0 Å². The molecule has 0 saturated carbocycles. The van der Waals surface area contributed by atoms with Gasteiger partial charge < -0.3 is 4.74 Å². The number of nitrogens with one attached hydrogen (secondary N) is 1. The number of nitrogens with zero attached hydrogens (tertiary/aromatic N) is 5. The number of methoxy groups -OCH3 is 1. The van der Waals surface area contributed by atoms with Gasteiger partial charge in [-0.2, -0.15) is 4.98 Å². The van der Waals surface area contributed by atoms with Crippen molar-refractivity contribution < 1.29 is 9.53 Å². The molecule has 0 unspecified atom stereocenters. The quantitative estimate of drug-likeness (QED) is 0.457. The van der Waals surface area contributed by atoms with E-state index in [1.165, 1.54) is 11.3 Å². The Kier molecular flexibility index (Phi) is 4.59. The molecule has 31 heavy (non-hydrogen) atoms. The predicted molar refractivity (Wildman–Crippen MR) is 120 cm³/mol. The molecule has 5 aromatic rings. The summed E-state index contributed by atoms with van der Waals surface area (Å²) in [5.41, 5.74) is 5.44. The minimum Gasteiger partial charge on any atom is -0.497 e. The molecule has 0 bridgehead atoms. The van der Waals surface area contributed by atoms with Crippen LogP contribution in [0.4, 0.5) is 5.95 Å². The number of ether oxygens (including phenoxy) is 1. The molecular weight excluding hydrogens is 412 g/mol. The molecule has 2 aromatic carbocycles. The Balaban J connectivity index is 1.44. The van der Waals surface area contributed by atoms with Gasteiger partial charge in [0.05, 0.1) is 35.2 Å². The van der Waals surface area contributed by atoms with Crippen LogP contribution in [0, 0.1) is 13.8 Å². The maximum Gasteiger partial charge on any atom is 0.258 e. The second kappa shape index (κ2) is 7.44. The average Bonchev–Trinajstić information content (AvgIpc) is 3.34. The molecule has 0 saturated heterocycles. The Bertz CT molecular complexity index is 1460. The summed E-state index contributed by atoms with van der Waals surface area (Å²) in [5, 5.41) is 9.23. The Hall–Kier alpha value is -3.85. The monoisotopic (exact) mass is 430 g/mol. The maximum absolute atomic E-state index is 12.8. The van der Waals surface area contributed by atoms with Gasteiger partial charge in [-0.3, -0.25) is 10.1 Å². The van der Waals surface area contributed by atoms with Gasteiger partial charge in [-0.15, -0.1) is 16.4 Å². The van der Waals surface area contributed by atoms with Crippen molar-refractivity contribution in [2.24, 2.45) is 0 Å². The molecule has 0 aliphatic rings. The van der Waals surface area contributed by atoms with E-state index in [-0.39, 0.29) is 11.9 Å². The van der Waals surface area contributed by atoms with E-state index >= 15 is 0 Å². The minimum absolute atomic E-state index is 0.243. The molecular formula is C22H18N6O2S. The number of thiazole rings is 1. The summed E-state index contributed by atoms with van der Waals surface area (Å²) >= 11 is 1.45. The molecule has 0 atom stereocenters. The highest BCUT2D eigenvalue weighted by atomic mass is 32.1. The minimum atomic E-state index is -0.303. The highest BCUT2D eigenvalue weighted by Gasteiger charge is 2.15. The zero-order valence-electron chi connectivity index (χ0n) is 17.1. The number of fused-ring (bicyclic) bond motifs is 2. The molecule has 1 N–H and O–H groups in total. The van der Waals surface area contributed by atoms with Gasteiger partial charge >= 0.3 is 0 Å². The van der Waals surface area contributed by atoms with E-state index in [0.29, 0.717) is 16.0 Å². The molecule has 5 rings (SSSR count). The number of aryl methyl sites for hydroxylation is 2. The fourth-order valence-electron chi connectivity index (χ4n) is 3.26. The van der Waals surface area contributed by atoms with Crippen molar-refractivity contribution in [1.29, 1.82) is 0 Å². The largest absolute Gasteiger partial charge is 0.497 e. The lowest BCUT2D eigenvalue weighted by Gasteiger charge is -2.05. The van der Waals surface area contributed by atoms with Crippen LogP contribution in [0.25, 0.3) is 27.3 Å². The number of carbonyl (C=O) groups is 1. The number of rotatable bonds is 4. The van der Waals surface area contributed by atoms with Gasteiger partial charge in [0, 0.05) is 16.5 Å². The number of aromatic nitrogens is 5. The van der Waals surface area contributed by atoms with E-state index in [0.717, 1.165) is 33.9 Å². The fraction of sp³-hybridized carbons (Fsp3) is 0.136. The van der Waals surface area contributed by atoms with E-state index in [1.807, 2.05) is 43.5 Å². The topological polar surface area (TPSA) is 94.3 Å². The first-order valence-corrected chi connectivity index (χ1v) is 10.4. The molecule has 0 radical (unpaired) electrons. The van der Waals surface area contributed by atoms with Crippen molar-refractivity contribution in [3.05, 3.63) is 64.8 Å². The van der Waals surface area contributed by atoms with Crippen LogP contribution in [0.1, 0.15) is 21.7 Å². The fourth-order valence-corrected chi connectivity index (χ4v) is 4.09. The van der Waals surface area contributed by atoms with E-state index < -0.39 is 0 Å². The van der Waals surface area contributed by atoms with Gasteiger partial charge in [0.1, 0.15) is 5.75 Å². The zero-order valence-corrected chi connectivity index (χ0v) is 17.9. The summed E-state index contributed by atoms with van der Waals surface area (Å²) in [6.45, 7) is 3.81. The predicted octanol–water partition coefficient (Wildman–Crippen LogP) is 4.28. The van der Waals surface area contributed by atoms with Crippen LogP contribution in [0.15, 0.2) is 47.8 Å². The average molecular weight is 430 g/mol. The highest BCUT2D eigenvalue weighted by Crippen LogP contribution is 2.28. The summed E-state index contributed by atoms with van der Waals surface area (Å²) in [7, 11) is 1.63. The van der Waals surface area contributed by atoms with E-state index in [1.54, 1.807) is 29.8 Å². The third-order valence-electron chi connectivity index (χ3n) is 5.01. The summed E-state index contributed by atoms with van der Waals surface area (Å²) in [6.07, 6.45) is 0. The number of benzene rings is 2. The molecule has 0 aliphatic heterocycles. The number of amides is 1. The van der Waals surface area contributed by atoms with E-state index in [2.05, 4.69) is 25.4 Å². The van der Waals surface area contributed by atoms with Crippen LogP contribution in [0.3, 0.4) is 0 Å². The normalized spacial score (nSPS) is 11.2. The molecule has 1 amide bonds. The number of carbonyl (C=O) groups excluding carboxylic acids is 1. The standard InChI is InChI=1S/C22H18N6O2S/c1-12-13(2)24-18-10-15(7-8-17(18)23-12)20(29)25-21-26-22-28(27-21)19(11-31-22)14-5-4-6-16(9-14)30-3/h4-11H,1-3H3,(H,25,27,29). The van der Waals surface area contributed by atoms with Gasteiger partial charge in [0.25, 0.3) is 11.9 Å². The Morgan fingerprint density at radius 3 is 2.65 bits per heavy atom. The van der Waals surface area contributed by atoms with E-state index in [9.17, 15) is 4.79 Å². The summed E-state index contributed by atoms with van der Waals surface area (Å²) in [5.74, 6) is 0.700. The van der Waals surface area contributed by atoms with Crippen molar-refractivity contribution in [3.63, 3.8) is 0 Å². The van der Waals surface area contributed by atoms with Crippen LogP contribution in [0.2, 0.25) is 0 Å². The van der Waals surface area contributed by atoms with Crippen molar-refractivity contribution in [3.8, 4) is 17.0 Å². The Labute approximate surface area is 181 Å². The molecule has 9 heteroatoms. The molecule has 8 nitrogen and oxygen atoms in total. The van der Waals surface area contributed by atoms with Gasteiger partial charge in [0.15, 0.2) is 0 Å². The number of hydrogen-bond acceptors (Lipinski definition) is 7. The van der Waals surface area contributed by atoms with Gasteiger partial charge in [0.2, 0.25) is 4.96 Å². The van der Waals surface area contributed by atoms with Crippen molar-refractivity contribution in [2.75, 3.05) is 12.4 Å². The van der Waals surface area contributed by atoms with Crippen LogP contribution in [0.5, 0.6) is 5.75 Å². The molecule has 3 heterocycles. The lowest BCUT2D eigenvalue weighted by Crippen LogP contribution is -2.13. The first-order chi connectivity index (χ1) is 15.0. The van der Waals surface area contributed by atoms with Gasteiger partial charge in [-0.1, -0.05) is 12.1 Å². The van der Waals surface area contributed by atoms with Crippen LogP contribution in [-0.4, -0.2) is 37.6 Å². The SMILES string of the molecule is COc1cccc(-c2csc3nc(NC(=O)c4ccc5nc(C)c(C)nc5c4)nn23)c1. The van der Waals surface area contributed by atoms with Gasteiger partial charge in [-0.25, -0.2) is 14.5 Å². The summed E-state index contributed by atoms with van der Waals surface area (Å²) in [6, 6.07) is 13.0. The molecule has 3 aromatic heterocycles. The number of anilines is 1. The smallest absolute Gasteiger partial charge is 0.258 e. The Morgan fingerprint density at radius 2 is 1.84 bits per heavy atom. The molecule has 0 spiro atoms. The second-order valence-corrected chi connectivity index (χ2v) is 7.87. The first kappa shape index (κ1) is 19.1. The molecule has 154 valence electrons. The van der Waals surface area contributed by atoms with Crippen molar-refractivity contribution in [1.82, 2.24) is 24.6 Å². The zero-order chi connectivity index (χ0) is 21.5. The molecule has 0 fully saturated rings. The first-order valence-electron chi connectivity index (χ1n) is 9.57.